The molecule has 1 aromatic carbocycles. The van der Waals surface area contributed by atoms with Gasteiger partial charge in [0.25, 0.3) is 0 Å². The van der Waals surface area contributed by atoms with Crippen LogP contribution in [-0.2, 0) is 11.2 Å². The Morgan fingerprint density at radius 2 is 2.18 bits per heavy atom. The highest BCUT2D eigenvalue weighted by molar-refractivity contribution is 5.70. The zero-order chi connectivity index (χ0) is 15.5. The molecule has 1 aromatic rings. The van der Waals surface area contributed by atoms with Gasteiger partial charge < -0.3 is 19.3 Å². The van der Waals surface area contributed by atoms with E-state index in [0.29, 0.717) is 12.6 Å². The summed E-state index contributed by atoms with van der Waals surface area (Å²) >= 11 is 0. The lowest BCUT2D eigenvalue weighted by atomic mass is 10.1. The Balaban J connectivity index is 1.55. The van der Waals surface area contributed by atoms with Crippen molar-refractivity contribution in [3.8, 4) is 5.75 Å². The molecule has 1 amide bonds. The van der Waals surface area contributed by atoms with Crippen molar-refractivity contribution < 1.29 is 14.3 Å². The number of methoxy groups -OCH3 is 1. The predicted molar refractivity (Wildman–Crippen MR) is 85.7 cm³/mol. The number of carbonyl (C=O) groups is 1. The van der Waals surface area contributed by atoms with Crippen molar-refractivity contribution in [1.82, 2.24) is 4.90 Å². The lowest BCUT2D eigenvalue weighted by Crippen LogP contribution is -2.61. The van der Waals surface area contributed by atoms with Crippen LogP contribution in [0.4, 0.5) is 10.5 Å². The van der Waals surface area contributed by atoms with Gasteiger partial charge >= 0.3 is 6.09 Å². The second-order valence-corrected chi connectivity index (χ2v) is 5.96. The van der Waals surface area contributed by atoms with Gasteiger partial charge in [0.05, 0.1) is 19.8 Å². The summed E-state index contributed by atoms with van der Waals surface area (Å²) in [6.07, 6.45) is 2.87. The third kappa shape index (κ3) is 2.85. The summed E-state index contributed by atoms with van der Waals surface area (Å²) in [7, 11) is 1.69. The zero-order valence-corrected chi connectivity index (χ0v) is 13.4. The summed E-state index contributed by atoms with van der Waals surface area (Å²) in [6, 6.07) is 6.65. The summed E-state index contributed by atoms with van der Waals surface area (Å²) in [5.74, 6) is 0.890. The van der Waals surface area contributed by atoms with Crippen molar-refractivity contribution in [3.05, 3.63) is 23.8 Å². The Hall–Kier alpha value is -1.91. The second-order valence-electron chi connectivity index (χ2n) is 5.96. The first-order chi connectivity index (χ1) is 10.7. The normalized spacial score (nSPS) is 17.2. The number of benzene rings is 1. The molecular weight excluding hydrogens is 280 g/mol. The fraction of sp³-hybridized carbons (Fsp3) is 0.588. The van der Waals surface area contributed by atoms with Crippen molar-refractivity contribution in [2.45, 2.75) is 32.2 Å². The van der Waals surface area contributed by atoms with Crippen LogP contribution in [0.15, 0.2) is 18.2 Å². The molecule has 2 aliphatic rings. The molecule has 2 aliphatic heterocycles. The van der Waals surface area contributed by atoms with E-state index < -0.39 is 0 Å². The van der Waals surface area contributed by atoms with Gasteiger partial charge in [0, 0.05) is 31.4 Å². The van der Waals surface area contributed by atoms with Crippen LogP contribution in [0.3, 0.4) is 0 Å². The van der Waals surface area contributed by atoms with Crippen LogP contribution in [0, 0.1) is 0 Å². The summed E-state index contributed by atoms with van der Waals surface area (Å²) in [4.78, 5) is 16.1. The molecule has 5 heteroatoms. The van der Waals surface area contributed by atoms with Crippen LogP contribution in [0.1, 0.15) is 25.3 Å². The molecule has 0 N–H and O–H groups in total. The molecule has 22 heavy (non-hydrogen) atoms. The molecule has 0 aliphatic carbocycles. The van der Waals surface area contributed by atoms with Gasteiger partial charge in [0.1, 0.15) is 5.75 Å². The van der Waals surface area contributed by atoms with Gasteiger partial charge in [0.15, 0.2) is 0 Å². The van der Waals surface area contributed by atoms with E-state index >= 15 is 0 Å². The molecular formula is C17H24N2O3. The Morgan fingerprint density at radius 3 is 2.91 bits per heavy atom. The molecule has 1 saturated heterocycles. The highest BCUT2D eigenvalue weighted by Gasteiger charge is 2.38. The largest absolute Gasteiger partial charge is 0.497 e. The van der Waals surface area contributed by atoms with E-state index in [1.54, 1.807) is 12.0 Å². The van der Waals surface area contributed by atoms with E-state index in [2.05, 4.69) is 24.0 Å². The molecule has 5 nitrogen and oxygen atoms in total. The van der Waals surface area contributed by atoms with Crippen molar-refractivity contribution >= 4 is 11.8 Å². The lowest BCUT2D eigenvalue weighted by molar-refractivity contribution is 0.0702. The number of carbonyl (C=O) groups excluding carboxylic acids is 1. The minimum Gasteiger partial charge on any atom is -0.497 e. The third-order valence-electron chi connectivity index (χ3n) is 4.51. The highest BCUT2D eigenvalue weighted by atomic mass is 16.6. The first kappa shape index (κ1) is 15.0. The first-order valence-corrected chi connectivity index (χ1v) is 8.08. The number of hydrogen-bond donors (Lipinski definition) is 0. The lowest BCUT2D eigenvalue weighted by Gasteiger charge is -2.44. The molecule has 3 rings (SSSR count). The fourth-order valence-electron chi connectivity index (χ4n) is 3.09. The number of fused-ring (bicyclic) bond motifs is 1. The van der Waals surface area contributed by atoms with Crippen molar-refractivity contribution in [3.63, 3.8) is 0 Å². The molecule has 0 unspecified atom stereocenters. The Labute approximate surface area is 131 Å². The van der Waals surface area contributed by atoms with Crippen LogP contribution in [-0.4, -0.2) is 50.4 Å². The van der Waals surface area contributed by atoms with Gasteiger partial charge in [-0.1, -0.05) is 19.4 Å². The van der Waals surface area contributed by atoms with Crippen molar-refractivity contribution in [1.29, 1.82) is 0 Å². The van der Waals surface area contributed by atoms with Gasteiger partial charge in [-0.3, -0.25) is 0 Å². The highest BCUT2D eigenvalue weighted by Crippen LogP contribution is 2.35. The van der Waals surface area contributed by atoms with Crippen molar-refractivity contribution in [2.75, 3.05) is 38.3 Å². The standard InChI is InChI=1S/C17H24N2O3/c1-3-4-9-22-17(20)18-11-14(12-18)19-8-7-13-5-6-15(21-2)10-16(13)19/h5-6,10,14H,3-4,7-9,11-12H2,1-2H3. The Kier molecular flexibility index (Phi) is 4.41. The number of nitrogens with zero attached hydrogens (tertiary/aromatic N) is 2. The van der Waals surface area contributed by atoms with Gasteiger partial charge in [-0.2, -0.15) is 0 Å². The maximum atomic E-state index is 11.9. The number of ether oxygens (including phenoxy) is 2. The molecule has 0 saturated carbocycles. The average molecular weight is 304 g/mol. The molecule has 120 valence electrons. The number of likely N-dealkylation sites (tertiary alicyclic amines) is 1. The quantitative estimate of drug-likeness (QED) is 0.784. The van der Waals surface area contributed by atoms with Gasteiger partial charge in [-0.05, 0) is 24.5 Å². The topological polar surface area (TPSA) is 42.0 Å². The van der Waals surface area contributed by atoms with Crippen LogP contribution in [0.5, 0.6) is 5.75 Å². The van der Waals surface area contributed by atoms with Crippen molar-refractivity contribution in [2.24, 2.45) is 0 Å². The van der Waals surface area contributed by atoms with Crippen LogP contribution < -0.4 is 9.64 Å². The molecule has 0 bridgehead atoms. The summed E-state index contributed by atoms with van der Waals surface area (Å²) in [6.45, 7) is 5.14. The van der Waals surface area contributed by atoms with Gasteiger partial charge in [-0.25, -0.2) is 4.79 Å². The van der Waals surface area contributed by atoms with Gasteiger partial charge in [0.2, 0.25) is 0 Å². The Morgan fingerprint density at radius 1 is 1.36 bits per heavy atom. The summed E-state index contributed by atoms with van der Waals surface area (Å²) < 4.78 is 10.6. The molecule has 2 heterocycles. The van der Waals surface area contributed by atoms with E-state index in [-0.39, 0.29) is 6.09 Å². The van der Waals surface area contributed by atoms with E-state index in [1.165, 1.54) is 11.3 Å². The number of anilines is 1. The smallest absolute Gasteiger partial charge is 0.409 e. The zero-order valence-electron chi connectivity index (χ0n) is 13.4. The number of rotatable bonds is 5. The molecule has 0 aromatic heterocycles. The molecule has 0 atom stereocenters. The second kappa shape index (κ2) is 6.46. The van der Waals surface area contributed by atoms with Crippen LogP contribution in [0.25, 0.3) is 0 Å². The molecule has 0 radical (unpaired) electrons. The summed E-state index contributed by atoms with van der Waals surface area (Å²) in [5, 5.41) is 0. The summed E-state index contributed by atoms with van der Waals surface area (Å²) in [5.41, 5.74) is 2.62. The predicted octanol–water partition coefficient (Wildman–Crippen LogP) is 2.68. The van der Waals surface area contributed by atoms with E-state index in [0.717, 1.165) is 44.6 Å². The van der Waals surface area contributed by atoms with Crippen LogP contribution in [0.2, 0.25) is 0 Å². The maximum absolute atomic E-state index is 11.9. The minimum atomic E-state index is -0.172. The monoisotopic (exact) mass is 304 g/mol. The van der Waals surface area contributed by atoms with Crippen LogP contribution >= 0.6 is 0 Å². The Bertz CT molecular complexity index is 541. The third-order valence-corrected chi connectivity index (χ3v) is 4.51. The average Bonchev–Trinajstić information content (AvgIpc) is 2.89. The maximum Gasteiger partial charge on any atom is 0.409 e. The number of unbranched alkanes of at least 4 members (excludes halogenated alkanes) is 1. The van der Waals surface area contributed by atoms with E-state index in [4.69, 9.17) is 9.47 Å². The van der Waals surface area contributed by atoms with E-state index in [9.17, 15) is 4.79 Å². The number of hydrogen-bond acceptors (Lipinski definition) is 4. The molecule has 1 fully saturated rings. The first-order valence-electron chi connectivity index (χ1n) is 8.08. The van der Waals surface area contributed by atoms with E-state index in [1.807, 2.05) is 6.07 Å². The fourth-order valence-corrected chi connectivity index (χ4v) is 3.09. The number of amides is 1. The molecule has 0 spiro atoms. The van der Waals surface area contributed by atoms with Gasteiger partial charge in [-0.15, -0.1) is 0 Å². The SMILES string of the molecule is CCCCOC(=O)N1CC(N2CCc3ccc(OC)cc32)C1. The minimum absolute atomic E-state index is 0.172.